The van der Waals surface area contributed by atoms with Crippen molar-refractivity contribution in [3.8, 4) is 0 Å². The van der Waals surface area contributed by atoms with Crippen molar-refractivity contribution >= 4 is 21.9 Å². The van der Waals surface area contributed by atoms with Crippen molar-refractivity contribution in [3.05, 3.63) is 18.0 Å². The predicted molar refractivity (Wildman–Crippen MR) is 78.2 cm³/mol. The Kier molecular flexibility index (Phi) is 4.95. The normalized spacial score (nSPS) is 18.9. The Morgan fingerprint density at radius 2 is 1.83 bits per heavy atom. The van der Waals surface area contributed by atoms with Crippen molar-refractivity contribution in [2.45, 2.75) is 31.6 Å². The average molecular weight is 313 g/mol. The summed E-state index contributed by atoms with van der Waals surface area (Å²) in [6.07, 6.45) is 5.02. The molecule has 18 heavy (non-hydrogen) atoms. The van der Waals surface area contributed by atoms with Gasteiger partial charge in [0.05, 0.1) is 0 Å². The van der Waals surface area contributed by atoms with E-state index in [2.05, 4.69) is 49.5 Å². The second-order valence-electron chi connectivity index (χ2n) is 4.81. The third kappa shape index (κ3) is 3.20. The van der Waals surface area contributed by atoms with E-state index in [-0.39, 0.29) is 0 Å². The Morgan fingerprint density at radius 3 is 2.33 bits per heavy atom. The SMILES string of the molecule is CCC(C)N1CCN(c2ncc(CBr)cn2)CC1. The van der Waals surface area contributed by atoms with E-state index in [9.17, 15) is 0 Å². The Bertz CT molecular complexity index is 360. The molecule has 4 nitrogen and oxygen atoms in total. The first-order valence-corrected chi connectivity index (χ1v) is 7.72. The highest BCUT2D eigenvalue weighted by molar-refractivity contribution is 9.08. The minimum Gasteiger partial charge on any atom is -0.338 e. The Labute approximate surface area is 118 Å². The number of hydrogen-bond acceptors (Lipinski definition) is 4. The summed E-state index contributed by atoms with van der Waals surface area (Å²) in [6.45, 7) is 8.82. The molecule has 0 bridgehead atoms. The van der Waals surface area contributed by atoms with Gasteiger partial charge in [0.2, 0.25) is 5.95 Å². The highest BCUT2D eigenvalue weighted by atomic mass is 79.9. The molecule has 1 saturated heterocycles. The van der Waals surface area contributed by atoms with E-state index in [1.165, 1.54) is 6.42 Å². The predicted octanol–water partition coefficient (Wildman–Crippen LogP) is 2.29. The van der Waals surface area contributed by atoms with Crippen molar-refractivity contribution in [1.29, 1.82) is 0 Å². The fraction of sp³-hybridized carbons (Fsp3) is 0.692. The number of anilines is 1. The van der Waals surface area contributed by atoms with Gasteiger partial charge in [0.25, 0.3) is 0 Å². The minimum absolute atomic E-state index is 0.684. The molecule has 0 aliphatic carbocycles. The largest absolute Gasteiger partial charge is 0.338 e. The summed E-state index contributed by atoms with van der Waals surface area (Å²) < 4.78 is 0. The molecule has 1 fully saturated rings. The van der Waals surface area contributed by atoms with Crippen LogP contribution >= 0.6 is 15.9 Å². The second kappa shape index (κ2) is 6.48. The molecule has 1 unspecified atom stereocenters. The monoisotopic (exact) mass is 312 g/mol. The van der Waals surface area contributed by atoms with E-state index in [4.69, 9.17) is 0 Å². The van der Waals surface area contributed by atoms with Crippen LogP contribution in [0.4, 0.5) is 5.95 Å². The second-order valence-corrected chi connectivity index (χ2v) is 5.37. The summed E-state index contributed by atoms with van der Waals surface area (Å²) in [4.78, 5) is 13.7. The van der Waals surface area contributed by atoms with Gasteiger partial charge in [0, 0.05) is 49.9 Å². The summed E-state index contributed by atoms with van der Waals surface area (Å²) in [5.74, 6) is 0.864. The molecule has 2 heterocycles. The number of nitrogens with zero attached hydrogens (tertiary/aromatic N) is 4. The smallest absolute Gasteiger partial charge is 0.225 e. The zero-order valence-electron chi connectivity index (χ0n) is 11.1. The van der Waals surface area contributed by atoms with Crippen LogP contribution in [-0.2, 0) is 5.33 Å². The quantitative estimate of drug-likeness (QED) is 0.799. The number of rotatable bonds is 4. The maximum absolute atomic E-state index is 4.43. The van der Waals surface area contributed by atoms with Gasteiger partial charge < -0.3 is 4.90 Å². The lowest BCUT2D eigenvalue weighted by atomic mass is 10.2. The molecule has 100 valence electrons. The summed E-state index contributed by atoms with van der Waals surface area (Å²) >= 11 is 3.41. The highest BCUT2D eigenvalue weighted by Crippen LogP contribution is 2.14. The number of piperazine rings is 1. The molecule has 0 N–H and O–H groups in total. The van der Waals surface area contributed by atoms with Crippen LogP contribution in [0, 0.1) is 0 Å². The first-order chi connectivity index (χ1) is 8.74. The van der Waals surface area contributed by atoms with E-state index in [0.29, 0.717) is 6.04 Å². The van der Waals surface area contributed by atoms with Crippen LogP contribution in [0.2, 0.25) is 0 Å². The van der Waals surface area contributed by atoms with E-state index in [1.807, 2.05) is 12.4 Å². The van der Waals surface area contributed by atoms with Gasteiger partial charge in [-0.3, -0.25) is 4.90 Å². The molecule has 0 aromatic carbocycles. The highest BCUT2D eigenvalue weighted by Gasteiger charge is 2.21. The van der Waals surface area contributed by atoms with Crippen molar-refractivity contribution in [2.75, 3.05) is 31.1 Å². The van der Waals surface area contributed by atoms with Gasteiger partial charge in [0.15, 0.2) is 0 Å². The summed E-state index contributed by atoms with van der Waals surface area (Å²) in [7, 11) is 0. The van der Waals surface area contributed by atoms with Crippen LogP contribution in [0.5, 0.6) is 0 Å². The van der Waals surface area contributed by atoms with Gasteiger partial charge in [-0.15, -0.1) is 0 Å². The van der Waals surface area contributed by atoms with Crippen LogP contribution in [0.3, 0.4) is 0 Å². The van der Waals surface area contributed by atoms with Crippen LogP contribution in [-0.4, -0.2) is 47.1 Å². The third-order valence-electron chi connectivity index (χ3n) is 3.66. The van der Waals surface area contributed by atoms with Gasteiger partial charge in [-0.1, -0.05) is 22.9 Å². The summed E-state index contributed by atoms with van der Waals surface area (Å²) in [5.41, 5.74) is 1.12. The number of halogens is 1. The third-order valence-corrected chi connectivity index (χ3v) is 4.30. The molecule has 1 aliphatic rings. The molecule has 1 aromatic heterocycles. The van der Waals surface area contributed by atoms with Crippen molar-refractivity contribution < 1.29 is 0 Å². The number of aromatic nitrogens is 2. The topological polar surface area (TPSA) is 32.3 Å². The lowest BCUT2D eigenvalue weighted by Crippen LogP contribution is -2.49. The maximum Gasteiger partial charge on any atom is 0.225 e. The molecule has 0 spiro atoms. The molecule has 1 aromatic rings. The summed E-state index contributed by atoms with van der Waals surface area (Å²) in [5, 5.41) is 0.815. The van der Waals surface area contributed by atoms with E-state index < -0.39 is 0 Å². The molecule has 0 amide bonds. The molecular weight excluding hydrogens is 292 g/mol. The van der Waals surface area contributed by atoms with E-state index >= 15 is 0 Å². The summed E-state index contributed by atoms with van der Waals surface area (Å²) in [6, 6.07) is 0.684. The van der Waals surface area contributed by atoms with Crippen molar-refractivity contribution in [3.63, 3.8) is 0 Å². The molecule has 0 saturated carbocycles. The van der Waals surface area contributed by atoms with Crippen LogP contribution < -0.4 is 4.90 Å². The van der Waals surface area contributed by atoms with Crippen LogP contribution in [0.15, 0.2) is 12.4 Å². The van der Waals surface area contributed by atoms with Gasteiger partial charge >= 0.3 is 0 Å². The lowest BCUT2D eigenvalue weighted by molar-refractivity contribution is 0.192. The molecular formula is C13H21BrN4. The van der Waals surface area contributed by atoms with Gasteiger partial charge in [-0.2, -0.15) is 0 Å². The molecule has 2 rings (SSSR count). The maximum atomic E-state index is 4.43. The minimum atomic E-state index is 0.684. The van der Waals surface area contributed by atoms with Crippen LogP contribution in [0.25, 0.3) is 0 Å². The Hall–Kier alpha value is -0.680. The first-order valence-electron chi connectivity index (χ1n) is 6.60. The molecule has 1 atom stereocenters. The molecule has 1 aliphatic heterocycles. The zero-order chi connectivity index (χ0) is 13.0. The first kappa shape index (κ1) is 13.7. The van der Waals surface area contributed by atoms with Crippen molar-refractivity contribution in [1.82, 2.24) is 14.9 Å². The van der Waals surface area contributed by atoms with Crippen LogP contribution in [0.1, 0.15) is 25.8 Å². The Balaban J connectivity index is 1.92. The zero-order valence-corrected chi connectivity index (χ0v) is 12.7. The number of hydrogen-bond donors (Lipinski definition) is 0. The van der Waals surface area contributed by atoms with Crippen molar-refractivity contribution in [2.24, 2.45) is 0 Å². The molecule has 0 radical (unpaired) electrons. The van der Waals surface area contributed by atoms with E-state index in [0.717, 1.165) is 43.0 Å². The number of alkyl halides is 1. The van der Waals surface area contributed by atoms with Gasteiger partial charge in [0.1, 0.15) is 0 Å². The standard InChI is InChI=1S/C13H21BrN4/c1-3-11(2)17-4-6-18(7-5-17)13-15-9-12(8-14)10-16-13/h9-11H,3-8H2,1-2H3. The fourth-order valence-corrected chi connectivity index (χ4v) is 2.49. The van der Waals surface area contributed by atoms with E-state index in [1.54, 1.807) is 0 Å². The molecule has 5 heteroatoms. The average Bonchev–Trinajstić information content (AvgIpc) is 2.47. The van der Waals surface area contributed by atoms with Gasteiger partial charge in [-0.25, -0.2) is 9.97 Å². The van der Waals surface area contributed by atoms with Gasteiger partial charge in [-0.05, 0) is 18.9 Å². The lowest BCUT2D eigenvalue weighted by Gasteiger charge is -2.37. The fourth-order valence-electron chi connectivity index (χ4n) is 2.20. The Morgan fingerprint density at radius 1 is 1.22 bits per heavy atom.